The van der Waals surface area contributed by atoms with Gasteiger partial charge in [0.1, 0.15) is 0 Å². The van der Waals surface area contributed by atoms with Crippen molar-refractivity contribution in [3.05, 3.63) is 90.3 Å². The molecule has 0 spiro atoms. The monoisotopic (exact) mass is 231 g/mol. The molecule has 3 rings (SSSR count). The number of hydrogen-bond donors (Lipinski definition) is 0. The van der Waals surface area contributed by atoms with Gasteiger partial charge in [0, 0.05) is 0 Å². The van der Waals surface area contributed by atoms with Gasteiger partial charge in [-0.05, 0) is 40.8 Å². The molecule has 0 aliphatic heterocycles. The third-order valence-corrected chi connectivity index (χ3v) is 3.38. The molecule has 18 heavy (non-hydrogen) atoms. The van der Waals surface area contributed by atoms with Gasteiger partial charge in [-0.15, -0.1) is 0 Å². The topological polar surface area (TPSA) is 0 Å². The summed E-state index contributed by atoms with van der Waals surface area (Å²) in [4.78, 5) is 0. The Morgan fingerprint density at radius 3 is 2.22 bits per heavy atom. The van der Waals surface area contributed by atoms with Crippen LogP contribution in [0.3, 0.4) is 0 Å². The second-order valence-corrected chi connectivity index (χ2v) is 4.58. The summed E-state index contributed by atoms with van der Waals surface area (Å²) in [6.07, 6.45) is 0.945. The first-order valence-corrected chi connectivity index (χ1v) is 6.21. The maximum Gasteiger partial charge on any atom is -0.00169 e. The van der Waals surface area contributed by atoms with Crippen molar-refractivity contribution in [2.75, 3.05) is 0 Å². The molecule has 0 fully saturated rings. The average Bonchev–Trinajstić information content (AvgIpc) is 2.42. The van der Waals surface area contributed by atoms with Gasteiger partial charge in [0.05, 0.1) is 0 Å². The fourth-order valence-electron chi connectivity index (χ4n) is 2.38. The number of hydrogen-bond acceptors (Lipinski definition) is 0. The van der Waals surface area contributed by atoms with E-state index in [4.69, 9.17) is 0 Å². The largest absolute Gasteiger partial charge is 0.0620 e. The first-order chi connectivity index (χ1) is 8.84. The highest BCUT2D eigenvalue weighted by Crippen LogP contribution is 2.22. The SMILES string of the molecule is [CH2]c1ccccc1Cc1cccc2ccccc12. The van der Waals surface area contributed by atoms with E-state index in [9.17, 15) is 0 Å². The molecule has 0 heteroatoms. The van der Waals surface area contributed by atoms with Crippen molar-refractivity contribution in [2.24, 2.45) is 0 Å². The minimum atomic E-state index is 0.945. The first kappa shape index (κ1) is 11.0. The van der Waals surface area contributed by atoms with Crippen molar-refractivity contribution in [2.45, 2.75) is 6.42 Å². The highest BCUT2D eigenvalue weighted by Gasteiger charge is 2.03. The third kappa shape index (κ3) is 2.02. The average molecular weight is 231 g/mol. The van der Waals surface area contributed by atoms with Crippen LogP contribution in [0.15, 0.2) is 66.7 Å². The minimum Gasteiger partial charge on any atom is -0.0620 e. The standard InChI is InChI=1S/C18H15/c1-14-7-2-3-9-16(14)13-17-11-6-10-15-8-4-5-12-18(15)17/h2-12H,1,13H2. The van der Waals surface area contributed by atoms with Crippen molar-refractivity contribution < 1.29 is 0 Å². The van der Waals surface area contributed by atoms with Crippen LogP contribution in [0, 0.1) is 6.92 Å². The van der Waals surface area contributed by atoms with Crippen LogP contribution in [0.2, 0.25) is 0 Å². The molecule has 3 aromatic carbocycles. The summed E-state index contributed by atoms with van der Waals surface area (Å²) in [6.45, 7) is 4.10. The van der Waals surface area contributed by atoms with Crippen LogP contribution in [0.25, 0.3) is 10.8 Å². The zero-order valence-electron chi connectivity index (χ0n) is 10.3. The second kappa shape index (κ2) is 4.66. The fraction of sp³-hybridized carbons (Fsp3) is 0.0556. The van der Waals surface area contributed by atoms with E-state index in [1.807, 2.05) is 6.07 Å². The summed E-state index contributed by atoms with van der Waals surface area (Å²) in [5, 5.41) is 2.64. The first-order valence-electron chi connectivity index (χ1n) is 6.21. The lowest BCUT2D eigenvalue weighted by Crippen LogP contribution is -1.92. The van der Waals surface area contributed by atoms with Crippen LogP contribution in [0.5, 0.6) is 0 Å². The smallest absolute Gasteiger partial charge is 0.00169 e. The van der Waals surface area contributed by atoms with Gasteiger partial charge in [-0.1, -0.05) is 66.7 Å². The van der Waals surface area contributed by atoms with Crippen LogP contribution >= 0.6 is 0 Å². The van der Waals surface area contributed by atoms with Gasteiger partial charge in [-0.3, -0.25) is 0 Å². The summed E-state index contributed by atoms with van der Waals surface area (Å²) < 4.78 is 0. The van der Waals surface area contributed by atoms with Crippen LogP contribution in [-0.2, 0) is 6.42 Å². The molecule has 3 aromatic rings. The zero-order valence-corrected chi connectivity index (χ0v) is 10.3. The minimum absolute atomic E-state index is 0.945. The van der Waals surface area contributed by atoms with E-state index in [1.54, 1.807) is 0 Å². The predicted octanol–water partition coefficient (Wildman–Crippen LogP) is 4.61. The molecule has 0 N–H and O–H groups in total. The summed E-state index contributed by atoms with van der Waals surface area (Å²) in [6, 6.07) is 23.4. The van der Waals surface area contributed by atoms with Gasteiger partial charge in [-0.25, -0.2) is 0 Å². The Morgan fingerprint density at radius 2 is 1.33 bits per heavy atom. The van der Waals surface area contributed by atoms with Crippen LogP contribution in [-0.4, -0.2) is 0 Å². The molecule has 0 aromatic heterocycles. The molecule has 87 valence electrons. The van der Waals surface area contributed by atoms with Crippen molar-refractivity contribution in [1.82, 2.24) is 0 Å². The molecule has 0 saturated heterocycles. The molecule has 0 heterocycles. The van der Waals surface area contributed by atoms with Gasteiger partial charge in [0.2, 0.25) is 0 Å². The number of rotatable bonds is 2. The molecule has 1 radical (unpaired) electrons. The Morgan fingerprint density at radius 1 is 0.667 bits per heavy atom. The lowest BCUT2D eigenvalue weighted by Gasteiger charge is -2.08. The molecule has 0 atom stereocenters. The molecular formula is C18H15. The van der Waals surface area contributed by atoms with E-state index in [1.165, 1.54) is 21.9 Å². The summed E-state index contributed by atoms with van der Waals surface area (Å²) in [7, 11) is 0. The molecule has 0 aliphatic rings. The summed E-state index contributed by atoms with van der Waals surface area (Å²) in [5.74, 6) is 0. The molecule has 0 aliphatic carbocycles. The molecular weight excluding hydrogens is 216 g/mol. The number of benzene rings is 3. The van der Waals surface area contributed by atoms with Gasteiger partial charge < -0.3 is 0 Å². The van der Waals surface area contributed by atoms with E-state index in [-0.39, 0.29) is 0 Å². The summed E-state index contributed by atoms with van der Waals surface area (Å²) >= 11 is 0. The molecule has 0 unspecified atom stereocenters. The van der Waals surface area contributed by atoms with Crippen molar-refractivity contribution in [3.8, 4) is 0 Å². The van der Waals surface area contributed by atoms with E-state index >= 15 is 0 Å². The Hall–Kier alpha value is -2.08. The Balaban J connectivity index is 2.08. The van der Waals surface area contributed by atoms with E-state index < -0.39 is 0 Å². The second-order valence-electron chi connectivity index (χ2n) is 4.58. The fourth-order valence-corrected chi connectivity index (χ4v) is 2.38. The van der Waals surface area contributed by atoms with Crippen LogP contribution < -0.4 is 0 Å². The third-order valence-electron chi connectivity index (χ3n) is 3.38. The van der Waals surface area contributed by atoms with Crippen LogP contribution in [0.1, 0.15) is 16.7 Å². The molecule has 0 amide bonds. The predicted molar refractivity (Wildman–Crippen MR) is 77.7 cm³/mol. The molecule has 0 nitrogen and oxygen atoms in total. The Bertz CT molecular complexity index is 675. The Kier molecular flexibility index (Phi) is 2.85. The Labute approximate surface area is 108 Å². The maximum atomic E-state index is 4.10. The highest BCUT2D eigenvalue weighted by molar-refractivity contribution is 5.85. The normalized spacial score (nSPS) is 10.7. The van der Waals surface area contributed by atoms with Gasteiger partial charge in [-0.2, -0.15) is 0 Å². The van der Waals surface area contributed by atoms with Crippen LogP contribution in [0.4, 0.5) is 0 Å². The van der Waals surface area contributed by atoms with Crippen molar-refractivity contribution >= 4 is 10.8 Å². The molecule has 0 bridgehead atoms. The maximum absolute atomic E-state index is 4.10. The van der Waals surface area contributed by atoms with E-state index in [0.29, 0.717) is 0 Å². The lowest BCUT2D eigenvalue weighted by molar-refractivity contribution is 1.20. The van der Waals surface area contributed by atoms with E-state index in [2.05, 4.69) is 67.6 Å². The quantitative estimate of drug-likeness (QED) is 0.604. The zero-order chi connectivity index (χ0) is 12.4. The van der Waals surface area contributed by atoms with Gasteiger partial charge in [0.25, 0.3) is 0 Å². The highest BCUT2D eigenvalue weighted by atomic mass is 14.1. The molecule has 0 saturated carbocycles. The summed E-state index contributed by atoms with van der Waals surface area (Å²) in [5.41, 5.74) is 3.78. The number of fused-ring (bicyclic) bond motifs is 1. The van der Waals surface area contributed by atoms with Gasteiger partial charge in [0.15, 0.2) is 0 Å². The van der Waals surface area contributed by atoms with Gasteiger partial charge >= 0.3 is 0 Å². The van der Waals surface area contributed by atoms with Crippen molar-refractivity contribution in [3.63, 3.8) is 0 Å². The van der Waals surface area contributed by atoms with E-state index in [0.717, 1.165) is 12.0 Å². The van der Waals surface area contributed by atoms with Crippen molar-refractivity contribution in [1.29, 1.82) is 0 Å². The lowest BCUT2D eigenvalue weighted by atomic mass is 9.96.